The van der Waals surface area contributed by atoms with Gasteiger partial charge in [0.15, 0.2) is 0 Å². The molecule has 0 bridgehead atoms. The van der Waals surface area contributed by atoms with Crippen molar-refractivity contribution in [2.45, 2.75) is 32.4 Å². The molecule has 1 aromatic rings. The third-order valence-corrected chi connectivity index (χ3v) is 2.89. The van der Waals surface area contributed by atoms with E-state index in [0.717, 1.165) is 24.1 Å². The molecule has 0 radical (unpaired) electrons. The largest absolute Gasteiger partial charge is 0.480 e. The molecule has 16 heavy (non-hydrogen) atoms. The van der Waals surface area contributed by atoms with Gasteiger partial charge < -0.3 is 5.11 Å². The molecule has 1 aliphatic carbocycles. The van der Waals surface area contributed by atoms with Crippen LogP contribution in [0.15, 0.2) is 6.20 Å². The lowest BCUT2D eigenvalue weighted by Crippen LogP contribution is -2.31. The molecule has 0 atom stereocenters. The maximum Gasteiger partial charge on any atom is 0.317 e. The molecule has 88 valence electrons. The average molecular weight is 223 g/mol. The fourth-order valence-corrected chi connectivity index (χ4v) is 1.95. The van der Waals surface area contributed by atoms with Crippen LogP contribution in [0.2, 0.25) is 0 Å². The minimum absolute atomic E-state index is 0.124. The van der Waals surface area contributed by atoms with Gasteiger partial charge in [0.1, 0.15) is 0 Å². The normalized spacial score (nSPS) is 15.7. The minimum atomic E-state index is -0.756. The van der Waals surface area contributed by atoms with Crippen molar-refractivity contribution in [3.63, 3.8) is 0 Å². The van der Waals surface area contributed by atoms with Crippen molar-refractivity contribution in [3.8, 4) is 0 Å². The van der Waals surface area contributed by atoms with Gasteiger partial charge in [-0.2, -0.15) is 5.10 Å². The first kappa shape index (κ1) is 11.1. The van der Waals surface area contributed by atoms with E-state index in [1.54, 1.807) is 4.68 Å². The predicted octanol–water partition coefficient (Wildman–Crippen LogP) is 0.778. The minimum Gasteiger partial charge on any atom is -0.480 e. The summed E-state index contributed by atoms with van der Waals surface area (Å²) in [5, 5.41) is 13.1. The van der Waals surface area contributed by atoms with Crippen LogP contribution < -0.4 is 0 Å². The third kappa shape index (κ3) is 2.61. The summed E-state index contributed by atoms with van der Waals surface area (Å²) < 4.78 is 1.77. The van der Waals surface area contributed by atoms with Gasteiger partial charge in [0, 0.05) is 31.4 Å². The number of carboxylic acid groups (broad SMARTS) is 1. The summed E-state index contributed by atoms with van der Waals surface area (Å²) in [7, 11) is 1.88. The van der Waals surface area contributed by atoms with Gasteiger partial charge in [0.25, 0.3) is 0 Å². The Morgan fingerprint density at radius 2 is 2.38 bits per heavy atom. The number of nitrogens with zero attached hydrogens (tertiary/aromatic N) is 3. The zero-order valence-corrected chi connectivity index (χ0v) is 9.68. The van der Waals surface area contributed by atoms with Crippen molar-refractivity contribution >= 4 is 5.97 Å². The Hall–Kier alpha value is -1.36. The van der Waals surface area contributed by atoms with E-state index >= 15 is 0 Å². The van der Waals surface area contributed by atoms with Crippen LogP contribution >= 0.6 is 0 Å². The van der Waals surface area contributed by atoms with Gasteiger partial charge in [-0.25, -0.2) is 0 Å². The zero-order valence-electron chi connectivity index (χ0n) is 9.68. The van der Waals surface area contributed by atoms with Gasteiger partial charge in [0.2, 0.25) is 0 Å². The molecule has 1 heterocycles. The molecule has 2 rings (SSSR count). The molecule has 1 fully saturated rings. The Balaban J connectivity index is 2.04. The van der Waals surface area contributed by atoms with Gasteiger partial charge in [-0.3, -0.25) is 14.4 Å². The van der Waals surface area contributed by atoms with Crippen molar-refractivity contribution in [1.29, 1.82) is 0 Å². The number of carbonyl (C=O) groups is 1. The lowest BCUT2D eigenvalue weighted by Gasteiger charge is -2.18. The van der Waals surface area contributed by atoms with E-state index in [2.05, 4.69) is 5.10 Å². The molecule has 0 spiro atoms. The second-order valence-electron chi connectivity index (χ2n) is 4.44. The van der Waals surface area contributed by atoms with Crippen molar-refractivity contribution < 1.29 is 9.90 Å². The van der Waals surface area contributed by atoms with E-state index in [1.165, 1.54) is 0 Å². The molecule has 0 aromatic carbocycles. The van der Waals surface area contributed by atoms with Gasteiger partial charge in [0.05, 0.1) is 12.2 Å². The third-order valence-electron chi connectivity index (χ3n) is 2.89. The summed E-state index contributed by atoms with van der Waals surface area (Å²) in [5.41, 5.74) is 2.11. The van der Waals surface area contributed by atoms with E-state index in [0.29, 0.717) is 12.6 Å². The molecular weight excluding hydrogens is 206 g/mol. The van der Waals surface area contributed by atoms with Crippen LogP contribution in [0.25, 0.3) is 0 Å². The highest BCUT2D eigenvalue weighted by Gasteiger charge is 2.30. The van der Waals surface area contributed by atoms with Crippen molar-refractivity contribution in [2.75, 3.05) is 6.54 Å². The lowest BCUT2D eigenvalue weighted by atomic mass is 10.2. The predicted molar refractivity (Wildman–Crippen MR) is 59.0 cm³/mol. The Morgan fingerprint density at radius 1 is 1.69 bits per heavy atom. The van der Waals surface area contributed by atoms with Crippen molar-refractivity contribution in [2.24, 2.45) is 7.05 Å². The molecule has 5 nitrogen and oxygen atoms in total. The Labute approximate surface area is 94.7 Å². The highest BCUT2D eigenvalue weighted by atomic mass is 16.4. The molecule has 0 saturated heterocycles. The first-order valence-corrected chi connectivity index (χ1v) is 5.51. The van der Waals surface area contributed by atoms with E-state index in [-0.39, 0.29) is 6.54 Å². The number of hydrogen-bond acceptors (Lipinski definition) is 3. The van der Waals surface area contributed by atoms with Crippen molar-refractivity contribution in [1.82, 2.24) is 14.7 Å². The van der Waals surface area contributed by atoms with E-state index in [9.17, 15) is 4.79 Å². The fourth-order valence-electron chi connectivity index (χ4n) is 1.95. The zero-order chi connectivity index (χ0) is 11.7. The van der Waals surface area contributed by atoms with Gasteiger partial charge in [-0.15, -0.1) is 0 Å². The number of rotatable bonds is 5. The topological polar surface area (TPSA) is 58.4 Å². The van der Waals surface area contributed by atoms with Crippen LogP contribution in [-0.2, 0) is 18.4 Å². The smallest absolute Gasteiger partial charge is 0.317 e. The summed E-state index contributed by atoms with van der Waals surface area (Å²) in [6, 6.07) is 0.454. The average Bonchev–Trinajstić information content (AvgIpc) is 2.93. The Morgan fingerprint density at radius 3 is 2.81 bits per heavy atom. The molecule has 1 N–H and O–H groups in total. The molecule has 1 saturated carbocycles. The fraction of sp³-hybridized carbons (Fsp3) is 0.636. The van der Waals surface area contributed by atoms with E-state index in [1.807, 2.05) is 25.1 Å². The SMILES string of the molecule is Cc1nn(C)cc1CN(CC(=O)O)C1CC1. The van der Waals surface area contributed by atoms with Crippen LogP contribution in [0.5, 0.6) is 0 Å². The van der Waals surface area contributed by atoms with Crippen molar-refractivity contribution in [3.05, 3.63) is 17.5 Å². The number of aryl methyl sites for hydroxylation is 2. The standard InChI is InChI=1S/C11H17N3O2/c1-8-9(5-13(2)12-8)6-14(7-11(15)16)10-3-4-10/h5,10H,3-4,6-7H2,1-2H3,(H,15,16). The quantitative estimate of drug-likeness (QED) is 0.801. The maximum atomic E-state index is 10.8. The monoisotopic (exact) mass is 223 g/mol. The number of aromatic nitrogens is 2. The first-order chi connectivity index (χ1) is 7.56. The highest BCUT2D eigenvalue weighted by Crippen LogP contribution is 2.28. The lowest BCUT2D eigenvalue weighted by molar-refractivity contribution is -0.138. The first-order valence-electron chi connectivity index (χ1n) is 5.51. The molecule has 0 unspecified atom stereocenters. The summed E-state index contributed by atoms with van der Waals surface area (Å²) in [5.74, 6) is -0.756. The summed E-state index contributed by atoms with van der Waals surface area (Å²) in [6.07, 6.45) is 4.20. The summed E-state index contributed by atoms with van der Waals surface area (Å²) in [6.45, 7) is 2.77. The van der Waals surface area contributed by atoms with Gasteiger partial charge in [-0.1, -0.05) is 0 Å². The molecule has 1 aromatic heterocycles. The molecule has 5 heteroatoms. The second-order valence-corrected chi connectivity index (χ2v) is 4.44. The Kier molecular flexibility index (Phi) is 2.96. The van der Waals surface area contributed by atoms with Crippen LogP contribution in [0.1, 0.15) is 24.1 Å². The van der Waals surface area contributed by atoms with Gasteiger partial charge in [-0.05, 0) is 19.8 Å². The van der Waals surface area contributed by atoms with Crippen LogP contribution in [0.4, 0.5) is 0 Å². The molecule has 0 amide bonds. The highest BCUT2D eigenvalue weighted by molar-refractivity contribution is 5.69. The maximum absolute atomic E-state index is 10.8. The van der Waals surface area contributed by atoms with Crippen LogP contribution in [0.3, 0.4) is 0 Å². The summed E-state index contributed by atoms with van der Waals surface area (Å²) >= 11 is 0. The van der Waals surface area contributed by atoms with E-state index < -0.39 is 5.97 Å². The molecular formula is C11H17N3O2. The molecule has 0 aliphatic heterocycles. The second kappa shape index (κ2) is 4.25. The van der Waals surface area contributed by atoms with Crippen LogP contribution in [0, 0.1) is 6.92 Å². The van der Waals surface area contributed by atoms with Gasteiger partial charge >= 0.3 is 5.97 Å². The van der Waals surface area contributed by atoms with E-state index in [4.69, 9.17) is 5.11 Å². The Bertz CT molecular complexity index is 396. The number of hydrogen-bond donors (Lipinski definition) is 1. The number of aliphatic carboxylic acids is 1. The summed E-state index contributed by atoms with van der Waals surface area (Å²) in [4.78, 5) is 12.8. The van der Waals surface area contributed by atoms with Crippen LogP contribution in [-0.4, -0.2) is 38.3 Å². The number of carboxylic acids is 1. The molecule has 1 aliphatic rings.